The molecule has 1 fully saturated rings. The molecular formula is C9H12Cl. The molecule has 0 bridgehead atoms. The minimum absolute atomic E-state index is 0.792. The van der Waals surface area contributed by atoms with E-state index < -0.39 is 0 Å². The molecule has 0 unspecified atom stereocenters. The van der Waals surface area contributed by atoms with Gasteiger partial charge in [-0.25, -0.2) is 0 Å². The Balaban J connectivity index is 1.91. The lowest BCUT2D eigenvalue weighted by Crippen LogP contribution is -1.91. The number of hydrogen-bond donors (Lipinski definition) is 0. The van der Waals surface area contributed by atoms with Gasteiger partial charge >= 0.3 is 0 Å². The molecule has 0 atom stereocenters. The molecule has 0 aromatic heterocycles. The van der Waals surface area contributed by atoms with Crippen molar-refractivity contribution in [2.75, 3.05) is 5.88 Å². The first-order valence-electron chi connectivity index (χ1n) is 3.70. The van der Waals surface area contributed by atoms with E-state index in [4.69, 9.17) is 11.6 Å². The van der Waals surface area contributed by atoms with Gasteiger partial charge in [0.15, 0.2) is 0 Å². The predicted molar refractivity (Wildman–Crippen MR) is 45.0 cm³/mol. The number of halogens is 1. The SMILES string of the molecule is ClCCCC[C]1[CH][CH][CH][CH]1. The maximum Gasteiger partial charge on any atom is 0.0223 e. The molecule has 1 aliphatic rings. The molecule has 55 valence electrons. The third-order valence-electron chi connectivity index (χ3n) is 1.58. The topological polar surface area (TPSA) is 0 Å². The van der Waals surface area contributed by atoms with Crippen molar-refractivity contribution in [2.45, 2.75) is 19.3 Å². The second-order valence-corrected chi connectivity index (χ2v) is 2.82. The van der Waals surface area contributed by atoms with Gasteiger partial charge in [0.1, 0.15) is 0 Å². The molecule has 1 saturated carbocycles. The molecule has 0 nitrogen and oxygen atoms in total. The Hall–Kier alpha value is 0.290. The average Bonchev–Trinajstić information content (AvgIpc) is 2.41. The van der Waals surface area contributed by atoms with Gasteiger partial charge in [0.2, 0.25) is 0 Å². The van der Waals surface area contributed by atoms with Crippen molar-refractivity contribution in [1.29, 1.82) is 0 Å². The van der Waals surface area contributed by atoms with Crippen molar-refractivity contribution in [3.05, 3.63) is 31.6 Å². The van der Waals surface area contributed by atoms with E-state index in [1.807, 2.05) is 0 Å². The van der Waals surface area contributed by atoms with Gasteiger partial charge in [-0.15, -0.1) is 11.6 Å². The smallest absolute Gasteiger partial charge is 0.0223 e. The standard InChI is InChI=1S/C9H12Cl/c10-8-4-3-7-9-5-1-2-6-9/h1-2,5-6H,3-4,7-8H2. The minimum atomic E-state index is 0.792. The molecule has 1 rings (SSSR count). The summed E-state index contributed by atoms with van der Waals surface area (Å²) in [5, 5.41) is 0. The summed E-state index contributed by atoms with van der Waals surface area (Å²) in [6.07, 6.45) is 12.0. The zero-order valence-corrected chi connectivity index (χ0v) is 6.77. The summed E-state index contributed by atoms with van der Waals surface area (Å²) >= 11 is 5.54. The van der Waals surface area contributed by atoms with Crippen LogP contribution in [-0.4, -0.2) is 5.88 Å². The highest BCUT2D eigenvalue weighted by atomic mass is 35.5. The second-order valence-electron chi connectivity index (χ2n) is 2.44. The molecule has 0 heterocycles. The summed E-state index contributed by atoms with van der Waals surface area (Å²) in [5.41, 5.74) is 0. The number of alkyl halides is 1. The minimum Gasteiger partial charge on any atom is -0.127 e. The highest BCUT2D eigenvalue weighted by Gasteiger charge is 2.15. The van der Waals surface area contributed by atoms with Crippen molar-refractivity contribution in [3.8, 4) is 0 Å². The molecule has 10 heavy (non-hydrogen) atoms. The third kappa shape index (κ3) is 2.92. The van der Waals surface area contributed by atoms with Gasteiger partial charge in [-0.3, -0.25) is 0 Å². The Morgan fingerprint density at radius 1 is 1.10 bits per heavy atom. The molecule has 0 aromatic rings. The molecule has 0 saturated heterocycles. The molecular weight excluding hydrogens is 144 g/mol. The van der Waals surface area contributed by atoms with Crippen molar-refractivity contribution in [2.24, 2.45) is 0 Å². The predicted octanol–water partition coefficient (Wildman–Crippen LogP) is 2.80. The lowest BCUT2D eigenvalue weighted by Gasteiger charge is -2.04. The van der Waals surface area contributed by atoms with E-state index in [-0.39, 0.29) is 0 Å². The van der Waals surface area contributed by atoms with E-state index in [0.717, 1.165) is 12.3 Å². The highest BCUT2D eigenvalue weighted by molar-refractivity contribution is 6.17. The molecule has 0 N–H and O–H groups in total. The lowest BCUT2D eigenvalue weighted by atomic mass is 10.0. The van der Waals surface area contributed by atoms with Gasteiger partial charge in [0.05, 0.1) is 0 Å². The van der Waals surface area contributed by atoms with E-state index in [1.165, 1.54) is 18.8 Å². The van der Waals surface area contributed by atoms with Crippen LogP contribution in [0.15, 0.2) is 0 Å². The van der Waals surface area contributed by atoms with Gasteiger partial charge in [-0.1, -0.05) is 6.42 Å². The van der Waals surface area contributed by atoms with Crippen LogP contribution in [0.2, 0.25) is 0 Å². The first-order valence-corrected chi connectivity index (χ1v) is 4.23. The molecule has 0 aromatic carbocycles. The number of unbranched alkanes of at least 4 members (excludes halogenated alkanes) is 1. The fourth-order valence-electron chi connectivity index (χ4n) is 1.00. The van der Waals surface area contributed by atoms with E-state index in [9.17, 15) is 0 Å². The number of rotatable bonds is 4. The Bertz CT molecular complexity index is 74.8. The van der Waals surface area contributed by atoms with Crippen molar-refractivity contribution in [1.82, 2.24) is 0 Å². The van der Waals surface area contributed by atoms with E-state index >= 15 is 0 Å². The van der Waals surface area contributed by atoms with Gasteiger partial charge in [-0.05, 0) is 44.4 Å². The van der Waals surface area contributed by atoms with Gasteiger partial charge < -0.3 is 0 Å². The monoisotopic (exact) mass is 155 g/mol. The van der Waals surface area contributed by atoms with Crippen LogP contribution >= 0.6 is 11.6 Å². The van der Waals surface area contributed by atoms with Gasteiger partial charge in [0.25, 0.3) is 0 Å². The zero-order valence-electron chi connectivity index (χ0n) is 6.02. The maximum absolute atomic E-state index is 5.54. The molecule has 1 heteroatoms. The van der Waals surface area contributed by atoms with Crippen LogP contribution in [0.1, 0.15) is 19.3 Å². The lowest BCUT2D eigenvalue weighted by molar-refractivity contribution is 0.760. The summed E-state index contributed by atoms with van der Waals surface area (Å²) < 4.78 is 0. The van der Waals surface area contributed by atoms with Crippen LogP contribution in [0, 0.1) is 31.6 Å². The Kier molecular flexibility index (Phi) is 4.20. The average molecular weight is 156 g/mol. The van der Waals surface area contributed by atoms with Crippen LogP contribution in [0.5, 0.6) is 0 Å². The van der Waals surface area contributed by atoms with E-state index in [1.54, 1.807) is 0 Å². The van der Waals surface area contributed by atoms with Gasteiger partial charge in [-0.2, -0.15) is 0 Å². The first kappa shape index (κ1) is 8.39. The Labute approximate surface area is 69.0 Å². The van der Waals surface area contributed by atoms with Crippen LogP contribution in [0.4, 0.5) is 0 Å². The zero-order chi connectivity index (χ0) is 7.23. The quantitative estimate of drug-likeness (QED) is 0.433. The van der Waals surface area contributed by atoms with Crippen LogP contribution in [0.3, 0.4) is 0 Å². The largest absolute Gasteiger partial charge is 0.127 e. The summed E-state index contributed by atoms with van der Waals surface area (Å²) in [7, 11) is 0. The summed E-state index contributed by atoms with van der Waals surface area (Å²) in [6, 6.07) is 0. The molecule has 0 aliphatic heterocycles. The van der Waals surface area contributed by atoms with Gasteiger partial charge in [0, 0.05) is 5.88 Å². The molecule has 0 spiro atoms. The molecule has 1 aliphatic carbocycles. The summed E-state index contributed by atoms with van der Waals surface area (Å²) in [4.78, 5) is 0. The summed E-state index contributed by atoms with van der Waals surface area (Å²) in [6.45, 7) is 0. The van der Waals surface area contributed by atoms with Crippen LogP contribution in [0.25, 0.3) is 0 Å². The molecule has 5 radical (unpaired) electrons. The highest BCUT2D eigenvalue weighted by Crippen LogP contribution is 2.27. The van der Waals surface area contributed by atoms with E-state index in [2.05, 4.69) is 25.7 Å². The Morgan fingerprint density at radius 2 is 1.80 bits per heavy atom. The van der Waals surface area contributed by atoms with Crippen LogP contribution < -0.4 is 0 Å². The fourth-order valence-corrected chi connectivity index (χ4v) is 1.19. The third-order valence-corrected chi connectivity index (χ3v) is 1.85. The summed E-state index contributed by atoms with van der Waals surface area (Å²) in [5.74, 6) is 2.23. The van der Waals surface area contributed by atoms with Crippen molar-refractivity contribution >= 4 is 11.6 Å². The van der Waals surface area contributed by atoms with Crippen molar-refractivity contribution < 1.29 is 0 Å². The molecule has 0 amide bonds. The first-order chi connectivity index (χ1) is 4.93. The normalized spacial score (nSPS) is 20.1. The fraction of sp³-hybridized carbons (Fsp3) is 0.444. The maximum atomic E-state index is 5.54. The number of hydrogen-bond acceptors (Lipinski definition) is 0. The van der Waals surface area contributed by atoms with Crippen molar-refractivity contribution in [3.63, 3.8) is 0 Å². The van der Waals surface area contributed by atoms with E-state index in [0.29, 0.717) is 0 Å². The second kappa shape index (κ2) is 5.01. The van der Waals surface area contributed by atoms with Crippen LogP contribution in [-0.2, 0) is 0 Å². The Morgan fingerprint density at radius 3 is 2.40 bits per heavy atom.